The van der Waals surface area contributed by atoms with Gasteiger partial charge in [-0.3, -0.25) is 10.2 Å². The van der Waals surface area contributed by atoms with Gasteiger partial charge < -0.3 is 19.5 Å². The number of methoxy groups -OCH3 is 1. The lowest BCUT2D eigenvalue weighted by Crippen LogP contribution is -2.30. The number of ketones is 1. The number of amidine groups is 1. The molecule has 8 nitrogen and oxygen atoms in total. The van der Waals surface area contributed by atoms with E-state index in [9.17, 15) is 9.59 Å². The molecule has 2 aromatic rings. The first-order valence-corrected chi connectivity index (χ1v) is 10.5. The van der Waals surface area contributed by atoms with Crippen molar-refractivity contribution >= 4 is 34.6 Å². The molecule has 1 aromatic carbocycles. The van der Waals surface area contributed by atoms with Gasteiger partial charge in [0.25, 0.3) is 0 Å². The van der Waals surface area contributed by atoms with Crippen LogP contribution in [0.15, 0.2) is 24.3 Å². The molecule has 0 fully saturated rings. The van der Waals surface area contributed by atoms with Crippen molar-refractivity contribution in [2.75, 3.05) is 20.3 Å². The molecule has 178 valence electrons. The Bertz CT molecular complexity index is 1080. The fourth-order valence-electron chi connectivity index (χ4n) is 3.65. The summed E-state index contributed by atoms with van der Waals surface area (Å²) in [6, 6.07) is 7.21. The summed E-state index contributed by atoms with van der Waals surface area (Å²) < 4.78 is 10.9. The Kier molecular flexibility index (Phi) is 8.24. The summed E-state index contributed by atoms with van der Waals surface area (Å²) >= 11 is 0. The van der Waals surface area contributed by atoms with Gasteiger partial charge in [-0.25, -0.2) is 9.78 Å². The number of aromatic nitrogens is 1. The summed E-state index contributed by atoms with van der Waals surface area (Å²) in [7, 11) is 1.45. The van der Waals surface area contributed by atoms with Crippen molar-refractivity contribution in [3.8, 4) is 11.5 Å². The smallest absolute Gasteiger partial charge is 0.341 e. The molecule has 33 heavy (non-hydrogen) atoms. The first kappa shape index (κ1) is 26.3. The van der Waals surface area contributed by atoms with E-state index in [4.69, 9.17) is 20.0 Å². The van der Waals surface area contributed by atoms with E-state index in [1.54, 1.807) is 17.0 Å². The molecule has 0 saturated carbocycles. The topological polar surface area (TPSA) is 113 Å². The van der Waals surface area contributed by atoms with Crippen LogP contribution in [0, 0.1) is 5.41 Å². The van der Waals surface area contributed by atoms with E-state index < -0.39 is 18.0 Å². The van der Waals surface area contributed by atoms with E-state index in [1.165, 1.54) is 7.11 Å². The van der Waals surface area contributed by atoms with Crippen LogP contribution in [0.4, 0.5) is 0 Å². The van der Waals surface area contributed by atoms with Crippen LogP contribution in [0.1, 0.15) is 60.6 Å². The first-order valence-electron chi connectivity index (χ1n) is 10.5. The number of ether oxygens (including phenoxy) is 2. The van der Waals surface area contributed by atoms with E-state index >= 15 is 0 Å². The Morgan fingerprint density at radius 3 is 2.52 bits per heavy atom. The minimum Gasteiger partial charge on any atom is -0.493 e. The third kappa shape index (κ3) is 5.71. The number of carbonyl (C=O) groups is 2. The van der Waals surface area contributed by atoms with Gasteiger partial charge in [0.1, 0.15) is 11.5 Å². The molecule has 0 atom stereocenters. The van der Waals surface area contributed by atoms with Gasteiger partial charge in [0.2, 0.25) is 0 Å². The van der Waals surface area contributed by atoms with Crippen LogP contribution in [0.25, 0.3) is 0 Å². The van der Waals surface area contributed by atoms with Gasteiger partial charge >= 0.3 is 5.97 Å². The lowest BCUT2D eigenvalue weighted by Gasteiger charge is -2.25. The zero-order valence-corrected chi connectivity index (χ0v) is 21.2. The van der Waals surface area contributed by atoms with Crippen LogP contribution in [-0.4, -0.2) is 52.8 Å². The second-order valence-electron chi connectivity index (χ2n) is 8.78. The number of nitrogens with zero attached hydrogens (tertiary/aromatic N) is 2. The third-order valence-electron chi connectivity index (χ3n) is 5.38. The lowest BCUT2D eigenvalue weighted by atomic mass is 9.84. The Labute approximate surface area is 204 Å². The van der Waals surface area contributed by atoms with Crippen molar-refractivity contribution in [3.63, 3.8) is 0 Å². The van der Waals surface area contributed by atoms with Crippen molar-refractivity contribution < 1.29 is 24.2 Å². The monoisotopic (exact) mass is 519 g/mol. The van der Waals surface area contributed by atoms with Crippen LogP contribution >= 0.6 is 17.0 Å². The number of benzene rings is 1. The second kappa shape index (κ2) is 10.3. The summed E-state index contributed by atoms with van der Waals surface area (Å²) in [6.07, 6.45) is 0.783. The highest BCUT2D eigenvalue weighted by molar-refractivity contribution is 8.93. The maximum atomic E-state index is 13.2. The average Bonchev–Trinajstić information content (AvgIpc) is 3.05. The van der Waals surface area contributed by atoms with E-state index in [0.717, 1.165) is 17.7 Å². The number of carboxylic acid groups (broad SMARTS) is 1. The molecular weight excluding hydrogens is 490 g/mol. The standard InChI is InChI=1S/C24H29N3O5.BrH/c1-6-16-8-7-14-11-27(23(25)21(14)26-16)12-18(28)15-9-17(24(2,3)4)22(19(10-15)31-5)32-13-20(29)30;/h7-10,25H,6,11-13H2,1-5H3,(H,29,30);1H. The van der Waals surface area contributed by atoms with Crippen molar-refractivity contribution in [2.24, 2.45) is 0 Å². The van der Waals surface area contributed by atoms with Gasteiger partial charge in [0.05, 0.1) is 13.7 Å². The number of rotatable bonds is 8. The third-order valence-corrected chi connectivity index (χ3v) is 5.38. The predicted molar refractivity (Wildman–Crippen MR) is 130 cm³/mol. The highest BCUT2D eigenvalue weighted by Crippen LogP contribution is 2.40. The summed E-state index contributed by atoms with van der Waals surface area (Å²) in [5, 5.41) is 17.5. The van der Waals surface area contributed by atoms with Crippen LogP contribution in [-0.2, 0) is 23.2 Å². The van der Waals surface area contributed by atoms with Crippen molar-refractivity contribution in [1.82, 2.24) is 9.88 Å². The Morgan fingerprint density at radius 1 is 1.24 bits per heavy atom. The molecule has 1 aromatic heterocycles. The summed E-state index contributed by atoms with van der Waals surface area (Å²) in [4.78, 5) is 30.5. The SMILES string of the molecule is Br.CCc1ccc2c(n1)C(=N)N(CC(=O)c1cc(OC)c(OCC(=O)O)c(C(C)(C)C)c1)C2. The summed E-state index contributed by atoms with van der Waals surface area (Å²) in [5.74, 6) is -0.411. The van der Waals surface area contributed by atoms with E-state index in [-0.39, 0.29) is 35.1 Å². The fourth-order valence-corrected chi connectivity index (χ4v) is 3.65. The van der Waals surface area contributed by atoms with E-state index in [1.807, 2.05) is 39.8 Å². The minimum atomic E-state index is -1.10. The lowest BCUT2D eigenvalue weighted by molar-refractivity contribution is -0.139. The van der Waals surface area contributed by atoms with E-state index in [0.29, 0.717) is 34.9 Å². The molecule has 0 radical (unpaired) electrons. The quantitative estimate of drug-likeness (QED) is 0.506. The molecule has 0 bridgehead atoms. The molecule has 0 aliphatic carbocycles. The molecule has 0 amide bonds. The second-order valence-corrected chi connectivity index (χ2v) is 8.78. The molecule has 3 rings (SSSR count). The molecular formula is C24H30BrN3O5. The molecule has 0 unspecified atom stereocenters. The average molecular weight is 520 g/mol. The maximum absolute atomic E-state index is 13.2. The number of hydrogen-bond donors (Lipinski definition) is 2. The molecule has 0 spiro atoms. The number of nitrogens with one attached hydrogen (secondary N) is 1. The highest BCUT2D eigenvalue weighted by Gasteiger charge is 2.30. The largest absolute Gasteiger partial charge is 0.493 e. The number of aryl methyl sites for hydroxylation is 1. The fraction of sp³-hybridized carbons (Fsp3) is 0.417. The van der Waals surface area contributed by atoms with Gasteiger partial charge in [-0.15, -0.1) is 17.0 Å². The molecule has 1 aliphatic rings. The molecule has 9 heteroatoms. The highest BCUT2D eigenvalue weighted by atomic mass is 79.9. The Morgan fingerprint density at radius 2 is 1.94 bits per heavy atom. The molecule has 1 aliphatic heterocycles. The van der Waals surface area contributed by atoms with Crippen molar-refractivity contribution in [1.29, 1.82) is 5.41 Å². The van der Waals surface area contributed by atoms with Gasteiger partial charge in [-0.1, -0.05) is 33.8 Å². The first-order chi connectivity index (χ1) is 15.0. The van der Waals surface area contributed by atoms with Gasteiger partial charge in [0.15, 0.2) is 23.9 Å². The Balaban J connectivity index is 0.00000385. The summed E-state index contributed by atoms with van der Waals surface area (Å²) in [5.41, 5.74) is 3.15. The summed E-state index contributed by atoms with van der Waals surface area (Å²) in [6.45, 7) is 7.84. The number of carboxylic acids is 1. The Hall–Kier alpha value is -2.94. The number of carbonyl (C=O) groups excluding carboxylic acids is 1. The maximum Gasteiger partial charge on any atom is 0.341 e. The zero-order valence-electron chi connectivity index (χ0n) is 19.5. The number of aliphatic carboxylic acids is 1. The molecule has 2 heterocycles. The number of halogens is 1. The van der Waals surface area contributed by atoms with Crippen LogP contribution in [0.3, 0.4) is 0 Å². The normalized spacial score (nSPS) is 12.8. The van der Waals surface area contributed by atoms with Crippen LogP contribution in [0.2, 0.25) is 0 Å². The van der Waals surface area contributed by atoms with Crippen molar-refractivity contribution in [2.45, 2.75) is 46.1 Å². The number of hydrogen-bond acceptors (Lipinski definition) is 6. The van der Waals surface area contributed by atoms with Gasteiger partial charge in [0, 0.05) is 28.9 Å². The van der Waals surface area contributed by atoms with Crippen molar-refractivity contribution in [3.05, 3.63) is 52.3 Å². The van der Waals surface area contributed by atoms with Crippen LogP contribution < -0.4 is 9.47 Å². The molecule has 2 N–H and O–H groups in total. The number of fused-ring (bicyclic) bond motifs is 1. The number of pyridine rings is 1. The minimum absolute atomic E-state index is 0. The van der Waals surface area contributed by atoms with Gasteiger partial charge in [-0.2, -0.15) is 0 Å². The van der Waals surface area contributed by atoms with Crippen LogP contribution in [0.5, 0.6) is 11.5 Å². The van der Waals surface area contributed by atoms with Gasteiger partial charge in [-0.05, 0) is 30.0 Å². The van der Waals surface area contributed by atoms with E-state index in [2.05, 4.69) is 4.98 Å². The zero-order chi connectivity index (χ0) is 23.6. The number of Topliss-reactive ketones (excluding diaryl/α,β-unsaturated/α-hetero) is 1. The molecule has 0 saturated heterocycles. The predicted octanol–water partition coefficient (Wildman–Crippen LogP) is 4.02.